The van der Waals surface area contributed by atoms with E-state index in [1.807, 2.05) is 6.07 Å². The van der Waals surface area contributed by atoms with Crippen LogP contribution in [0.3, 0.4) is 0 Å². The summed E-state index contributed by atoms with van der Waals surface area (Å²) < 4.78 is 26.7. The van der Waals surface area contributed by atoms with Gasteiger partial charge in [-0.05, 0) is 41.3 Å². The highest BCUT2D eigenvalue weighted by molar-refractivity contribution is 5.78. The Hall–Kier alpha value is -1.90. The molecule has 0 saturated heterocycles. The lowest BCUT2D eigenvalue weighted by molar-refractivity contribution is 0.584. The van der Waals surface area contributed by atoms with Crippen LogP contribution in [0, 0.1) is 11.6 Å². The smallest absolute Gasteiger partial charge is 0.134 e. The first-order valence-electron chi connectivity index (χ1n) is 5.02. The number of rotatable bonds is 0. The van der Waals surface area contributed by atoms with Crippen molar-refractivity contribution >= 4 is 5.69 Å². The molecule has 0 amide bonds. The Labute approximate surface area is 91.5 Å². The summed E-state index contributed by atoms with van der Waals surface area (Å²) in [5.74, 6) is -1.03. The highest BCUT2D eigenvalue weighted by Crippen LogP contribution is 2.39. The van der Waals surface area contributed by atoms with E-state index < -0.39 is 11.6 Å². The first-order valence-corrected chi connectivity index (χ1v) is 5.02. The summed E-state index contributed by atoms with van der Waals surface area (Å²) in [6, 6.07) is 7.64. The van der Waals surface area contributed by atoms with Gasteiger partial charge in [0.25, 0.3) is 0 Å². The zero-order chi connectivity index (χ0) is 11.3. The third kappa shape index (κ3) is 1.21. The van der Waals surface area contributed by atoms with E-state index in [2.05, 4.69) is 0 Å². The average Bonchev–Trinajstić information content (AvgIpc) is 2.54. The van der Waals surface area contributed by atoms with Gasteiger partial charge >= 0.3 is 0 Å². The van der Waals surface area contributed by atoms with Crippen molar-refractivity contribution < 1.29 is 8.78 Å². The van der Waals surface area contributed by atoms with Gasteiger partial charge in [0.15, 0.2) is 0 Å². The van der Waals surface area contributed by atoms with E-state index in [0.717, 1.165) is 17.2 Å². The number of nitrogen functional groups attached to an aromatic ring is 1. The van der Waals surface area contributed by atoms with Crippen molar-refractivity contribution in [2.24, 2.45) is 0 Å². The van der Waals surface area contributed by atoms with E-state index in [1.54, 1.807) is 12.1 Å². The van der Waals surface area contributed by atoms with E-state index in [-0.39, 0.29) is 0 Å². The minimum Gasteiger partial charge on any atom is -0.399 e. The quantitative estimate of drug-likeness (QED) is 0.575. The van der Waals surface area contributed by atoms with Crippen LogP contribution in [0.2, 0.25) is 0 Å². The van der Waals surface area contributed by atoms with Crippen LogP contribution in [0.15, 0.2) is 30.3 Å². The summed E-state index contributed by atoms with van der Waals surface area (Å²) in [6.07, 6.45) is 0.546. The second-order valence-corrected chi connectivity index (χ2v) is 4.02. The van der Waals surface area contributed by atoms with Crippen LogP contribution in [0.5, 0.6) is 0 Å². The van der Waals surface area contributed by atoms with Crippen molar-refractivity contribution in [3.8, 4) is 11.1 Å². The molecular formula is C13H9F2N. The molecule has 0 aromatic heterocycles. The predicted molar refractivity (Wildman–Crippen MR) is 59.0 cm³/mol. The number of hydrogen-bond acceptors (Lipinski definition) is 1. The molecule has 0 saturated carbocycles. The van der Waals surface area contributed by atoms with Crippen molar-refractivity contribution in [2.75, 3.05) is 5.73 Å². The molecule has 0 spiro atoms. The molecule has 2 N–H and O–H groups in total. The third-order valence-corrected chi connectivity index (χ3v) is 2.92. The molecule has 0 radical (unpaired) electrons. The summed E-state index contributed by atoms with van der Waals surface area (Å²) in [7, 11) is 0. The van der Waals surface area contributed by atoms with Crippen molar-refractivity contribution in [1.29, 1.82) is 0 Å². The number of benzene rings is 2. The minimum absolute atomic E-state index is 0.501. The fraction of sp³-hybridized carbons (Fsp3) is 0.0769. The Morgan fingerprint density at radius 3 is 2.62 bits per heavy atom. The topological polar surface area (TPSA) is 26.0 Å². The van der Waals surface area contributed by atoms with Crippen molar-refractivity contribution in [3.63, 3.8) is 0 Å². The van der Waals surface area contributed by atoms with Gasteiger partial charge in [0.05, 0.1) is 0 Å². The molecule has 1 aliphatic rings. The molecule has 2 aromatic rings. The maximum Gasteiger partial charge on any atom is 0.134 e. The molecular weight excluding hydrogens is 208 g/mol. The predicted octanol–water partition coefficient (Wildman–Crippen LogP) is 3.12. The lowest BCUT2D eigenvalue weighted by Gasteiger charge is -2.03. The summed E-state index contributed by atoms with van der Waals surface area (Å²) in [5, 5.41) is 0. The Balaban J connectivity index is 2.29. The molecule has 3 rings (SSSR count). The largest absolute Gasteiger partial charge is 0.399 e. The van der Waals surface area contributed by atoms with Gasteiger partial charge in [-0.1, -0.05) is 6.07 Å². The maximum absolute atomic E-state index is 13.7. The lowest BCUT2D eigenvalue weighted by Crippen LogP contribution is -1.88. The minimum atomic E-state index is -0.531. The normalized spacial score (nSPS) is 12.4. The van der Waals surface area contributed by atoms with Gasteiger partial charge in [-0.15, -0.1) is 0 Å². The molecule has 16 heavy (non-hydrogen) atoms. The van der Waals surface area contributed by atoms with Gasteiger partial charge < -0.3 is 5.73 Å². The van der Waals surface area contributed by atoms with Gasteiger partial charge in [0.2, 0.25) is 0 Å². The molecule has 0 atom stereocenters. The average molecular weight is 217 g/mol. The summed E-state index contributed by atoms with van der Waals surface area (Å²) in [4.78, 5) is 0. The van der Waals surface area contributed by atoms with Crippen LogP contribution in [-0.4, -0.2) is 0 Å². The highest BCUT2D eigenvalue weighted by Gasteiger charge is 2.22. The number of hydrogen-bond donors (Lipinski definition) is 1. The van der Waals surface area contributed by atoms with Crippen LogP contribution < -0.4 is 5.73 Å². The second kappa shape index (κ2) is 3.04. The highest BCUT2D eigenvalue weighted by atomic mass is 19.1. The summed E-state index contributed by atoms with van der Waals surface area (Å²) in [6.45, 7) is 0. The molecule has 0 fully saturated rings. The molecule has 80 valence electrons. The molecule has 1 aliphatic carbocycles. The molecule has 0 aliphatic heterocycles. The third-order valence-electron chi connectivity index (χ3n) is 2.92. The van der Waals surface area contributed by atoms with E-state index in [0.29, 0.717) is 23.2 Å². The molecule has 2 aromatic carbocycles. The molecule has 0 bridgehead atoms. The van der Waals surface area contributed by atoms with Gasteiger partial charge in [0, 0.05) is 17.3 Å². The molecule has 0 heterocycles. The van der Waals surface area contributed by atoms with Crippen molar-refractivity contribution in [2.45, 2.75) is 6.42 Å². The molecule has 1 nitrogen and oxygen atoms in total. The fourth-order valence-corrected chi connectivity index (χ4v) is 2.28. The first kappa shape index (κ1) is 9.33. The standard InChI is InChI=1S/C13H9F2N/c14-9-4-8-3-7-5-10(16)1-2-11(7)13(8)12(15)6-9/h1-2,4-6H,3,16H2. The summed E-state index contributed by atoms with van der Waals surface area (Å²) in [5.41, 5.74) is 9.29. The Morgan fingerprint density at radius 2 is 1.81 bits per heavy atom. The van der Waals surface area contributed by atoms with Gasteiger partial charge in [0.1, 0.15) is 11.6 Å². The van der Waals surface area contributed by atoms with Crippen LogP contribution in [0.25, 0.3) is 11.1 Å². The first-order chi connectivity index (χ1) is 7.65. The number of nitrogens with two attached hydrogens (primary N) is 1. The van der Waals surface area contributed by atoms with E-state index in [1.165, 1.54) is 6.07 Å². The van der Waals surface area contributed by atoms with Gasteiger partial charge in [-0.3, -0.25) is 0 Å². The monoisotopic (exact) mass is 217 g/mol. The molecule has 3 heteroatoms. The van der Waals surface area contributed by atoms with Crippen molar-refractivity contribution in [1.82, 2.24) is 0 Å². The van der Waals surface area contributed by atoms with Crippen LogP contribution in [0.1, 0.15) is 11.1 Å². The fourth-order valence-electron chi connectivity index (χ4n) is 2.28. The van der Waals surface area contributed by atoms with E-state index in [9.17, 15) is 8.78 Å². The Morgan fingerprint density at radius 1 is 1.00 bits per heavy atom. The Kier molecular flexibility index (Phi) is 1.78. The summed E-state index contributed by atoms with van der Waals surface area (Å²) >= 11 is 0. The van der Waals surface area contributed by atoms with E-state index >= 15 is 0 Å². The van der Waals surface area contributed by atoms with Gasteiger partial charge in [-0.2, -0.15) is 0 Å². The van der Waals surface area contributed by atoms with Gasteiger partial charge in [-0.25, -0.2) is 8.78 Å². The maximum atomic E-state index is 13.7. The number of halogens is 2. The second-order valence-electron chi connectivity index (χ2n) is 4.02. The molecule has 0 unspecified atom stereocenters. The zero-order valence-electron chi connectivity index (χ0n) is 8.43. The SMILES string of the molecule is Nc1ccc2c(c1)Cc1cc(F)cc(F)c1-2. The van der Waals surface area contributed by atoms with Crippen LogP contribution in [-0.2, 0) is 6.42 Å². The zero-order valence-corrected chi connectivity index (χ0v) is 8.43. The van der Waals surface area contributed by atoms with E-state index in [4.69, 9.17) is 5.73 Å². The Bertz CT molecular complexity index is 591. The number of fused-ring (bicyclic) bond motifs is 3. The lowest BCUT2D eigenvalue weighted by atomic mass is 10.0. The number of anilines is 1. The van der Waals surface area contributed by atoms with Crippen molar-refractivity contribution in [3.05, 3.63) is 53.1 Å². The van der Waals surface area contributed by atoms with Crippen LogP contribution >= 0.6 is 0 Å². The van der Waals surface area contributed by atoms with Crippen LogP contribution in [0.4, 0.5) is 14.5 Å².